The smallest absolute Gasteiger partial charge is 0.122 e. The third-order valence-electron chi connectivity index (χ3n) is 2.04. The van der Waals surface area contributed by atoms with Crippen molar-refractivity contribution in [3.8, 4) is 5.75 Å². The summed E-state index contributed by atoms with van der Waals surface area (Å²) in [6.45, 7) is 2.07. The Labute approximate surface area is 101 Å². The minimum absolute atomic E-state index is 0.109. The first-order valence-electron chi connectivity index (χ1n) is 4.49. The number of aromatic hydroxyl groups is 1. The molecule has 4 heteroatoms. The quantitative estimate of drug-likeness (QED) is 0.891. The van der Waals surface area contributed by atoms with Crippen LogP contribution in [0.25, 0.3) is 0 Å². The highest BCUT2D eigenvalue weighted by atomic mass is 79.9. The lowest BCUT2D eigenvalue weighted by Crippen LogP contribution is -2.10. The van der Waals surface area contributed by atoms with Crippen LogP contribution in [0.4, 0.5) is 0 Å². The van der Waals surface area contributed by atoms with E-state index in [4.69, 9.17) is 5.73 Å². The van der Waals surface area contributed by atoms with Gasteiger partial charge in [-0.25, -0.2) is 0 Å². The SMILES string of the molecule is CCC[C@H](N)c1c(O)cc(Br)cc1Br. The Morgan fingerprint density at radius 1 is 1.43 bits per heavy atom. The minimum atomic E-state index is -0.109. The van der Waals surface area contributed by atoms with Crippen LogP contribution in [0.2, 0.25) is 0 Å². The van der Waals surface area contributed by atoms with Crippen LogP contribution in [0.3, 0.4) is 0 Å². The van der Waals surface area contributed by atoms with Crippen molar-refractivity contribution in [1.29, 1.82) is 0 Å². The van der Waals surface area contributed by atoms with Gasteiger partial charge < -0.3 is 10.8 Å². The molecule has 0 radical (unpaired) electrons. The second-order valence-electron chi connectivity index (χ2n) is 3.22. The van der Waals surface area contributed by atoms with Crippen molar-refractivity contribution in [3.05, 3.63) is 26.6 Å². The molecule has 1 rings (SSSR count). The predicted octanol–water partition coefficient (Wildman–Crippen LogP) is 3.72. The second kappa shape index (κ2) is 5.14. The summed E-state index contributed by atoms with van der Waals surface area (Å²) in [5, 5.41) is 9.73. The number of benzene rings is 1. The van der Waals surface area contributed by atoms with E-state index < -0.39 is 0 Å². The van der Waals surface area contributed by atoms with Crippen LogP contribution in [0.5, 0.6) is 5.75 Å². The van der Waals surface area contributed by atoms with Crippen LogP contribution in [-0.4, -0.2) is 5.11 Å². The maximum absolute atomic E-state index is 9.73. The van der Waals surface area contributed by atoms with Crippen LogP contribution < -0.4 is 5.73 Å². The molecular formula is C10H13Br2NO. The lowest BCUT2D eigenvalue weighted by molar-refractivity contribution is 0.456. The molecule has 0 bridgehead atoms. The Morgan fingerprint density at radius 2 is 2.07 bits per heavy atom. The summed E-state index contributed by atoms with van der Waals surface area (Å²) in [6.07, 6.45) is 1.87. The third-order valence-corrected chi connectivity index (χ3v) is 3.16. The van der Waals surface area contributed by atoms with Crippen LogP contribution >= 0.6 is 31.9 Å². The fourth-order valence-corrected chi connectivity index (χ4v) is 2.89. The number of hydrogen-bond acceptors (Lipinski definition) is 2. The zero-order valence-electron chi connectivity index (χ0n) is 7.93. The molecule has 0 fully saturated rings. The summed E-state index contributed by atoms with van der Waals surface area (Å²) in [6, 6.07) is 3.45. The lowest BCUT2D eigenvalue weighted by atomic mass is 10.0. The third kappa shape index (κ3) is 2.72. The highest BCUT2D eigenvalue weighted by Crippen LogP contribution is 2.35. The fourth-order valence-electron chi connectivity index (χ4n) is 1.39. The van der Waals surface area contributed by atoms with Crippen molar-refractivity contribution in [3.63, 3.8) is 0 Å². The van der Waals surface area contributed by atoms with Crippen molar-refractivity contribution >= 4 is 31.9 Å². The zero-order valence-corrected chi connectivity index (χ0v) is 11.1. The summed E-state index contributed by atoms with van der Waals surface area (Å²) in [5.41, 5.74) is 6.74. The van der Waals surface area contributed by atoms with Crippen molar-refractivity contribution in [2.45, 2.75) is 25.8 Å². The van der Waals surface area contributed by atoms with Crippen LogP contribution in [0.15, 0.2) is 21.1 Å². The maximum Gasteiger partial charge on any atom is 0.122 e. The number of hydrogen-bond donors (Lipinski definition) is 2. The van der Waals surface area contributed by atoms with Crippen molar-refractivity contribution in [1.82, 2.24) is 0 Å². The lowest BCUT2D eigenvalue weighted by Gasteiger charge is -2.14. The summed E-state index contributed by atoms with van der Waals surface area (Å²) >= 11 is 6.70. The van der Waals surface area contributed by atoms with Crippen molar-refractivity contribution in [2.24, 2.45) is 5.73 Å². The van der Waals surface area contributed by atoms with Gasteiger partial charge in [-0.15, -0.1) is 0 Å². The van der Waals surface area contributed by atoms with Crippen LogP contribution in [-0.2, 0) is 0 Å². The topological polar surface area (TPSA) is 46.2 Å². The molecule has 78 valence electrons. The van der Waals surface area contributed by atoms with Gasteiger partial charge in [0.25, 0.3) is 0 Å². The average molecular weight is 323 g/mol. The molecule has 2 nitrogen and oxygen atoms in total. The molecule has 0 spiro atoms. The Kier molecular flexibility index (Phi) is 4.41. The Bertz CT molecular complexity index is 305. The molecule has 0 aliphatic carbocycles. The molecular weight excluding hydrogens is 310 g/mol. The summed E-state index contributed by atoms with van der Waals surface area (Å²) in [7, 11) is 0. The minimum Gasteiger partial charge on any atom is -0.508 e. The molecule has 1 aromatic rings. The van der Waals surface area contributed by atoms with E-state index in [0.29, 0.717) is 0 Å². The zero-order chi connectivity index (χ0) is 10.7. The summed E-state index contributed by atoms with van der Waals surface area (Å²) in [4.78, 5) is 0. The fraction of sp³-hybridized carbons (Fsp3) is 0.400. The Balaban J connectivity index is 3.07. The highest BCUT2D eigenvalue weighted by molar-refractivity contribution is 9.11. The molecule has 0 aliphatic rings. The van der Waals surface area contributed by atoms with Gasteiger partial charge in [0.15, 0.2) is 0 Å². The average Bonchev–Trinajstić information content (AvgIpc) is 2.01. The molecule has 1 atom stereocenters. The summed E-state index contributed by atoms with van der Waals surface area (Å²) < 4.78 is 1.69. The van der Waals surface area contributed by atoms with E-state index in [1.165, 1.54) is 0 Å². The van der Waals surface area contributed by atoms with E-state index in [9.17, 15) is 5.11 Å². The number of phenols is 1. The standard InChI is InChI=1S/C10H13Br2NO/c1-2-3-8(13)10-7(12)4-6(11)5-9(10)14/h4-5,8,14H,2-3,13H2,1H3/t8-/m0/s1. The van der Waals surface area contributed by atoms with Gasteiger partial charge in [-0.05, 0) is 18.6 Å². The molecule has 0 aromatic heterocycles. The van der Waals surface area contributed by atoms with E-state index in [-0.39, 0.29) is 11.8 Å². The largest absolute Gasteiger partial charge is 0.508 e. The molecule has 0 aliphatic heterocycles. The number of rotatable bonds is 3. The van der Waals surface area contributed by atoms with Gasteiger partial charge in [0.05, 0.1) is 0 Å². The Hall–Kier alpha value is -0.0600. The van der Waals surface area contributed by atoms with E-state index in [1.807, 2.05) is 6.07 Å². The number of halogens is 2. The highest BCUT2D eigenvalue weighted by Gasteiger charge is 2.14. The van der Waals surface area contributed by atoms with Gasteiger partial charge >= 0.3 is 0 Å². The molecule has 1 aromatic carbocycles. The van der Waals surface area contributed by atoms with E-state index >= 15 is 0 Å². The predicted molar refractivity (Wildman–Crippen MR) is 65.3 cm³/mol. The summed E-state index contributed by atoms with van der Waals surface area (Å²) in [5.74, 6) is 0.243. The van der Waals surface area contributed by atoms with E-state index in [0.717, 1.165) is 27.4 Å². The maximum atomic E-state index is 9.73. The molecule has 0 saturated heterocycles. The normalized spacial score (nSPS) is 12.9. The number of nitrogens with two attached hydrogens (primary N) is 1. The van der Waals surface area contributed by atoms with Gasteiger partial charge in [0.1, 0.15) is 5.75 Å². The number of phenolic OH excluding ortho intramolecular Hbond substituents is 1. The first-order chi connectivity index (χ1) is 6.56. The van der Waals surface area contributed by atoms with Gasteiger partial charge in [-0.1, -0.05) is 45.2 Å². The Morgan fingerprint density at radius 3 is 2.57 bits per heavy atom. The van der Waals surface area contributed by atoms with E-state index in [1.54, 1.807) is 6.07 Å². The van der Waals surface area contributed by atoms with Gasteiger partial charge in [0, 0.05) is 20.6 Å². The molecule has 0 saturated carbocycles. The first kappa shape index (κ1) is 12.0. The molecule has 0 heterocycles. The van der Waals surface area contributed by atoms with E-state index in [2.05, 4.69) is 38.8 Å². The second-order valence-corrected chi connectivity index (χ2v) is 4.99. The van der Waals surface area contributed by atoms with Gasteiger partial charge in [-0.3, -0.25) is 0 Å². The monoisotopic (exact) mass is 321 g/mol. The van der Waals surface area contributed by atoms with Crippen LogP contribution in [0, 0.1) is 0 Å². The molecule has 0 amide bonds. The van der Waals surface area contributed by atoms with Crippen molar-refractivity contribution in [2.75, 3.05) is 0 Å². The molecule has 14 heavy (non-hydrogen) atoms. The molecule has 0 unspecified atom stereocenters. The first-order valence-corrected chi connectivity index (χ1v) is 6.08. The van der Waals surface area contributed by atoms with Gasteiger partial charge in [0.2, 0.25) is 0 Å². The van der Waals surface area contributed by atoms with Gasteiger partial charge in [-0.2, -0.15) is 0 Å². The van der Waals surface area contributed by atoms with Crippen molar-refractivity contribution < 1.29 is 5.11 Å². The molecule has 3 N–H and O–H groups in total. The van der Waals surface area contributed by atoms with Crippen LogP contribution in [0.1, 0.15) is 31.4 Å².